The molecule has 1 amide bonds. The first-order valence-corrected chi connectivity index (χ1v) is 11.0. The summed E-state index contributed by atoms with van der Waals surface area (Å²) in [6, 6.07) is 15.9. The second-order valence-corrected chi connectivity index (χ2v) is 8.82. The second kappa shape index (κ2) is 9.38. The Kier molecular flexibility index (Phi) is 6.84. The molecule has 0 saturated carbocycles. The number of benzene rings is 3. The van der Waals surface area contributed by atoms with Gasteiger partial charge < -0.3 is 5.32 Å². The standard InChI is InChI=1S/C22H18ClFN2O4S/c1-14(26-31(29,30)18-10-8-17(24)9-11-18)22(28)25-20-12-7-16(23)13-19(20)21(27)15-5-3-2-4-6-15/h2-14,26H,1H3,(H,25,28)/t14-/m0/s1. The number of anilines is 1. The number of amides is 1. The molecule has 160 valence electrons. The number of sulfonamides is 1. The largest absolute Gasteiger partial charge is 0.324 e. The summed E-state index contributed by atoms with van der Waals surface area (Å²) in [4.78, 5) is 25.3. The minimum absolute atomic E-state index is 0.167. The van der Waals surface area contributed by atoms with Crippen LogP contribution in [0.1, 0.15) is 22.8 Å². The summed E-state index contributed by atoms with van der Waals surface area (Å²) in [6.45, 7) is 1.35. The molecule has 6 nitrogen and oxygen atoms in total. The van der Waals surface area contributed by atoms with Gasteiger partial charge in [0.05, 0.1) is 16.6 Å². The fraction of sp³-hybridized carbons (Fsp3) is 0.0909. The molecule has 0 aliphatic heterocycles. The Labute approximate surface area is 184 Å². The molecule has 31 heavy (non-hydrogen) atoms. The number of halogens is 2. The molecule has 0 aliphatic carbocycles. The third-order valence-electron chi connectivity index (χ3n) is 4.37. The SMILES string of the molecule is C[C@H](NS(=O)(=O)c1ccc(F)cc1)C(=O)Nc1ccc(Cl)cc1C(=O)c1ccccc1. The van der Waals surface area contributed by atoms with Crippen molar-refractivity contribution in [2.45, 2.75) is 17.9 Å². The average Bonchev–Trinajstić information content (AvgIpc) is 2.75. The lowest BCUT2D eigenvalue weighted by Crippen LogP contribution is -2.41. The minimum Gasteiger partial charge on any atom is -0.324 e. The first kappa shape index (κ1) is 22.6. The molecule has 9 heteroatoms. The zero-order valence-electron chi connectivity index (χ0n) is 16.3. The molecule has 1 atom stereocenters. The molecule has 3 rings (SSSR count). The topological polar surface area (TPSA) is 92.3 Å². The van der Waals surface area contributed by atoms with Crippen LogP contribution in [0.2, 0.25) is 5.02 Å². The quantitative estimate of drug-likeness (QED) is 0.521. The van der Waals surface area contributed by atoms with Gasteiger partial charge >= 0.3 is 0 Å². The van der Waals surface area contributed by atoms with Gasteiger partial charge in [-0.2, -0.15) is 4.72 Å². The van der Waals surface area contributed by atoms with E-state index in [-0.39, 0.29) is 21.9 Å². The van der Waals surface area contributed by atoms with Gasteiger partial charge in [-0.15, -0.1) is 0 Å². The highest BCUT2D eigenvalue weighted by atomic mass is 35.5. The van der Waals surface area contributed by atoms with Gasteiger partial charge in [0.1, 0.15) is 5.82 Å². The zero-order chi connectivity index (χ0) is 22.6. The van der Waals surface area contributed by atoms with E-state index in [0.717, 1.165) is 24.3 Å². The molecule has 0 radical (unpaired) electrons. The molecular formula is C22H18ClFN2O4S. The Hall–Kier alpha value is -3.07. The van der Waals surface area contributed by atoms with Crippen LogP contribution in [0.3, 0.4) is 0 Å². The zero-order valence-corrected chi connectivity index (χ0v) is 17.9. The van der Waals surface area contributed by atoms with Crippen molar-refractivity contribution in [1.29, 1.82) is 0 Å². The van der Waals surface area contributed by atoms with Crippen molar-refractivity contribution in [2.24, 2.45) is 0 Å². The van der Waals surface area contributed by atoms with E-state index >= 15 is 0 Å². The van der Waals surface area contributed by atoms with Gasteiger partial charge in [0.15, 0.2) is 5.78 Å². The molecule has 0 spiro atoms. The number of nitrogens with one attached hydrogen (secondary N) is 2. The molecule has 3 aromatic rings. The normalized spacial score (nSPS) is 12.2. The Balaban J connectivity index is 1.80. The smallest absolute Gasteiger partial charge is 0.242 e. The summed E-state index contributed by atoms with van der Waals surface area (Å²) in [5.41, 5.74) is 0.766. The molecule has 0 fully saturated rings. The molecule has 0 heterocycles. The first-order valence-electron chi connectivity index (χ1n) is 9.15. The number of rotatable bonds is 7. The average molecular weight is 461 g/mol. The van der Waals surface area contributed by atoms with E-state index in [0.29, 0.717) is 10.6 Å². The highest BCUT2D eigenvalue weighted by molar-refractivity contribution is 7.89. The summed E-state index contributed by atoms with van der Waals surface area (Å²) in [7, 11) is -4.06. The van der Waals surface area contributed by atoms with Crippen molar-refractivity contribution >= 4 is 39.0 Å². The molecule has 0 bridgehead atoms. The van der Waals surface area contributed by atoms with E-state index in [1.807, 2.05) is 0 Å². The van der Waals surface area contributed by atoms with Gasteiger partial charge in [0.2, 0.25) is 15.9 Å². The summed E-state index contributed by atoms with van der Waals surface area (Å²) in [6.07, 6.45) is 0. The maximum Gasteiger partial charge on any atom is 0.242 e. The molecular weight excluding hydrogens is 443 g/mol. The summed E-state index contributed by atoms with van der Waals surface area (Å²) in [5.74, 6) is -1.61. The van der Waals surface area contributed by atoms with Crippen LogP contribution in [0.5, 0.6) is 0 Å². The molecule has 2 N–H and O–H groups in total. The number of carbonyl (C=O) groups excluding carboxylic acids is 2. The predicted molar refractivity (Wildman–Crippen MR) is 116 cm³/mol. The minimum atomic E-state index is -4.06. The maximum atomic E-state index is 13.0. The molecule has 3 aromatic carbocycles. The monoisotopic (exact) mass is 460 g/mol. The number of ketones is 1. The molecule has 0 aliphatic rings. The van der Waals surface area contributed by atoms with Gasteiger partial charge in [0, 0.05) is 16.1 Å². The van der Waals surface area contributed by atoms with Gasteiger partial charge in [-0.05, 0) is 49.4 Å². The van der Waals surface area contributed by atoms with Crippen molar-refractivity contribution in [3.05, 3.63) is 94.8 Å². The van der Waals surface area contributed by atoms with E-state index in [2.05, 4.69) is 10.0 Å². The van der Waals surface area contributed by atoms with Crippen molar-refractivity contribution in [2.75, 3.05) is 5.32 Å². The van der Waals surface area contributed by atoms with Crippen LogP contribution in [0.25, 0.3) is 0 Å². The van der Waals surface area contributed by atoms with E-state index < -0.39 is 27.8 Å². The lowest BCUT2D eigenvalue weighted by Gasteiger charge is -2.16. The van der Waals surface area contributed by atoms with Gasteiger partial charge in [0.25, 0.3) is 0 Å². The highest BCUT2D eigenvalue weighted by Gasteiger charge is 2.24. The Morgan fingerprint density at radius 1 is 0.968 bits per heavy atom. The van der Waals surface area contributed by atoms with Crippen molar-refractivity contribution in [1.82, 2.24) is 4.72 Å². The van der Waals surface area contributed by atoms with Crippen molar-refractivity contribution in [3.63, 3.8) is 0 Å². The van der Waals surface area contributed by atoms with Crippen LogP contribution in [-0.2, 0) is 14.8 Å². The van der Waals surface area contributed by atoms with E-state index in [1.165, 1.54) is 25.1 Å². The Morgan fingerprint density at radius 3 is 2.26 bits per heavy atom. The van der Waals surface area contributed by atoms with Crippen LogP contribution in [-0.4, -0.2) is 26.2 Å². The van der Waals surface area contributed by atoms with Crippen LogP contribution >= 0.6 is 11.6 Å². The third-order valence-corrected chi connectivity index (χ3v) is 6.16. The van der Waals surface area contributed by atoms with E-state index in [4.69, 9.17) is 11.6 Å². The lowest BCUT2D eigenvalue weighted by molar-refractivity contribution is -0.117. The number of carbonyl (C=O) groups is 2. The van der Waals surface area contributed by atoms with E-state index in [9.17, 15) is 22.4 Å². The number of hydrogen-bond donors (Lipinski definition) is 2. The van der Waals surface area contributed by atoms with Gasteiger partial charge in [-0.25, -0.2) is 12.8 Å². The van der Waals surface area contributed by atoms with Gasteiger partial charge in [-0.3, -0.25) is 9.59 Å². The highest BCUT2D eigenvalue weighted by Crippen LogP contribution is 2.24. The lowest BCUT2D eigenvalue weighted by atomic mass is 10.0. The number of hydrogen-bond acceptors (Lipinski definition) is 4. The predicted octanol–water partition coefficient (Wildman–Crippen LogP) is 4.02. The van der Waals surface area contributed by atoms with E-state index in [1.54, 1.807) is 30.3 Å². The van der Waals surface area contributed by atoms with Gasteiger partial charge in [-0.1, -0.05) is 41.9 Å². The van der Waals surface area contributed by atoms with Crippen molar-refractivity contribution in [3.8, 4) is 0 Å². The van der Waals surface area contributed by atoms with Crippen LogP contribution in [0, 0.1) is 5.82 Å². The molecule has 0 unspecified atom stereocenters. The molecule has 0 saturated heterocycles. The summed E-state index contributed by atoms with van der Waals surface area (Å²) in [5, 5.41) is 2.87. The van der Waals surface area contributed by atoms with Crippen LogP contribution in [0.15, 0.2) is 77.7 Å². The fourth-order valence-electron chi connectivity index (χ4n) is 2.77. The van der Waals surface area contributed by atoms with Crippen LogP contribution < -0.4 is 10.0 Å². The maximum absolute atomic E-state index is 13.0. The van der Waals surface area contributed by atoms with Crippen molar-refractivity contribution < 1.29 is 22.4 Å². The summed E-state index contributed by atoms with van der Waals surface area (Å²) >= 11 is 6.03. The third kappa shape index (κ3) is 5.55. The first-order chi connectivity index (χ1) is 14.7. The Morgan fingerprint density at radius 2 is 1.61 bits per heavy atom. The second-order valence-electron chi connectivity index (χ2n) is 6.67. The fourth-order valence-corrected chi connectivity index (χ4v) is 4.14. The Bertz CT molecular complexity index is 1220. The summed E-state index contributed by atoms with van der Waals surface area (Å²) < 4.78 is 40.1. The van der Waals surface area contributed by atoms with Crippen LogP contribution in [0.4, 0.5) is 10.1 Å². The molecule has 0 aromatic heterocycles.